The van der Waals surface area contributed by atoms with Crippen LogP contribution in [0.2, 0.25) is 0 Å². The van der Waals surface area contributed by atoms with E-state index in [1.54, 1.807) is 7.11 Å². The number of methoxy groups -OCH3 is 1. The van der Waals surface area contributed by atoms with Crippen molar-refractivity contribution in [3.05, 3.63) is 18.2 Å². The molecule has 5 nitrogen and oxygen atoms in total. The number of benzene rings is 1. The lowest BCUT2D eigenvalue weighted by molar-refractivity contribution is -0.109. The van der Waals surface area contributed by atoms with Gasteiger partial charge in [0.25, 0.3) is 0 Å². The third-order valence-corrected chi connectivity index (χ3v) is 4.48. The molecule has 1 atom stereocenters. The molecule has 1 aliphatic carbocycles. The van der Waals surface area contributed by atoms with Crippen LogP contribution in [0.1, 0.15) is 25.7 Å². The first kappa shape index (κ1) is 15.2. The lowest BCUT2D eigenvalue weighted by Gasteiger charge is -2.33. The Labute approximate surface area is 131 Å². The van der Waals surface area contributed by atoms with E-state index in [4.69, 9.17) is 9.47 Å². The monoisotopic (exact) mass is 304 g/mol. The van der Waals surface area contributed by atoms with Crippen LogP contribution in [0.15, 0.2) is 18.2 Å². The van der Waals surface area contributed by atoms with Gasteiger partial charge in [-0.15, -0.1) is 0 Å². The summed E-state index contributed by atoms with van der Waals surface area (Å²) < 4.78 is 11.6. The lowest BCUT2D eigenvalue weighted by Crippen LogP contribution is -2.51. The molecule has 0 aromatic heterocycles. The second-order valence-electron chi connectivity index (χ2n) is 6.00. The summed E-state index contributed by atoms with van der Waals surface area (Å²) in [5, 5.41) is 3.20. The van der Waals surface area contributed by atoms with Gasteiger partial charge in [-0.1, -0.05) is 0 Å². The van der Waals surface area contributed by atoms with Crippen molar-refractivity contribution < 1.29 is 14.3 Å². The Hall–Kier alpha value is -1.75. The highest BCUT2D eigenvalue weighted by Gasteiger charge is 2.22. The number of carbonyl (C=O) groups is 1. The second-order valence-corrected chi connectivity index (χ2v) is 6.00. The van der Waals surface area contributed by atoms with Gasteiger partial charge in [0.05, 0.1) is 19.3 Å². The maximum atomic E-state index is 11.0. The largest absolute Gasteiger partial charge is 0.493 e. The Morgan fingerprint density at radius 3 is 2.82 bits per heavy atom. The summed E-state index contributed by atoms with van der Waals surface area (Å²) in [6.45, 7) is 2.40. The van der Waals surface area contributed by atoms with Crippen molar-refractivity contribution in [2.24, 2.45) is 0 Å². The molecule has 0 unspecified atom stereocenters. The molecule has 1 aromatic rings. The van der Waals surface area contributed by atoms with E-state index in [1.165, 1.54) is 12.8 Å². The summed E-state index contributed by atoms with van der Waals surface area (Å²) in [7, 11) is 1.67. The van der Waals surface area contributed by atoms with E-state index < -0.39 is 0 Å². The third-order valence-electron chi connectivity index (χ3n) is 4.48. The van der Waals surface area contributed by atoms with Crippen molar-refractivity contribution in [2.75, 3.05) is 31.6 Å². The van der Waals surface area contributed by atoms with Crippen LogP contribution in [0.5, 0.6) is 11.5 Å². The first-order valence-corrected chi connectivity index (χ1v) is 8.08. The quantitative estimate of drug-likeness (QED) is 0.843. The Kier molecular flexibility index (Phi) is 4.83. The zero-order valence-corrected chi connectivity index (χ0v) is 13.1. The normalized spacial score (nSPS) is 22.6. The smallest absolute Gasteiger partial charge is 0.163 e. The average Bonchev–Trinajstić information content (AvgIpc) is 3.08. The number of hydrogen-bond donors (Lipinski definition) is 1. The second kappa shape index (κ2) is 7.01. The molecule has 1 heterocycles. The molecule has 2 fully saturated rings. The Bertz CT molecular complexity index is 515. The van der Waals surface area contributed by atoms with Gasteiger partial charge in [0.1, 0.15) is 6.29 Å². The number of ether oxygens (including phenoxy) is 2. The number of aldehydes is 1. The average molecular weight is 304 g/mol. The number of carbonyl (C=O) groups excluding carboxylic acids is 1. The number of nitrogens with zero attached hydrogens (tertiary/aromatic N) is 1. The highest BCUT2D eigenvalue weighted by molar-refractivity contribution is 5.62. The fourth-order valence-corrected chi connectivity index (χ4v) is 3.24. The van der Waals surface area contributed by atoms with Crippen LogP contribution in [0.4, 0.5) is 5.69 Å². The first-order valence-electron chi connectivity index (χ1n) is 8.08. The molecular weight excluding hydrogens is 280 g/mol. The summed E-state index contributed by atoms with van der Waals surface area (Å²) >= 11 is 0. The fraction of sp³-hybridized carbons (Fsp3) is 0.588. The number of rotatable bonds is 5. The van der Waals surface area contributed by atoms with E-state index >= 15 is 0 Å². The van der Waals surface area contributed by atoms with E-state index in [2.05, 4.69) is 10.2 Å². The van der Waals surface area contributed by atoms with Gasteiger partial charge in [0.15, 0.2) is 11.5 Å². The topological polar surface area (TPSA) is 50.8 Å². The van der Waals surface area contributed by atoms with Gasteiger partial charge in [-0.2, -0.15) is 0 Å². The minimum atomic E-state index is -0.102. The molecule has 2 aliphatic rings. The van der Waals surface area contributed by atoms with E-state index in [9.17, 15) is 4.79 Å². The Morgan fingerprint density at radius 2 is 2.09 bits per heavy atom. The lowest BCUT2D eigenvalue weighted by atomic mass is 10.2. The van der Waals surface area contributed by atoms with Crippen LogP contribution in [-0.2, 0) is 4.79 Å². The molecule has 5 heteroatoms. The maximum absolute atomic E-state index is 11.0. The number of anilines is 1. The number of piperazine rings is 1. The van der Waals surface area contributed by atoms with Gasteiger partial charge >= 0.3 is 0 Å². The summed E-state index contributed by atoms with van der Waals surface area (Å²) in [6.07, 6.45) is 6.00. The fourth-order valence-electron chi connectivity index (χ4n) is 3.24. The minimum absolute atomic E-state index is 0.102. The summed E-state index contributed by atoms with van der Waals surface area (Å²) in [4.78, 5) is 13.2. The van der Waals surface area contributed by atoms with Gasteiger partial charge in [0, 0.05) is 31.4 Å². The zero-order valence-electron chi connectivity index (χ0n) is 13.1. The predicted molar refractivity (Wildman–Crippen MR) is 85.9 cm³/mol. The summed E-state index contributed by atoms with van der Waals surface area (Å²) in [5.41, 5.74) is 1.09. The van der Waals surface area contributed by atoms with Crippen molar-refractivity contribution in [3.63, 3.8) is 0 Å². The van der Waals surface area contributed by atoms with Crippen LogP contribution in [-0.4, -0.2) is 45.2 Å². The molecule has 22 heavy (non-hydrogen) atoms. The van der Waals surface area contributed by atoms with Gasteiger partial charge in [-0.25, -0.2) is 0 Å². The molecule has 1 aliphatic heterocycles. The molecule has 3 rings (SSSR count). The van der Waals surface area contributed by atoms with E-state index in [1.807, 2.05) is 18.2 Å². The molecular formula is C17H24N2O3. The van der Waals surface area contributed by atoms with Crippen LogP contribution in [0.25, 0.3) is 0 Å². The van der Waals surface area contributed by atoms with Crippen LogP contribution in [0, 0.1) is 0 Å². The van der Waals surface area contributed by atoms with Gasteiger partial charge in [-0.05, 0) is 37.8 Å². The molecule has 1 N–H and O–H groups in total. The van der Waals surface area contributed by atoms with Gasteiger partial charge in [-0.3, -0.25) is 0 Å². The van der Waals surface area contributed by atoms with E-state index in [0.29, 0.717) is 12.6 Å². The van der Waals surface area contributed by atoms with Crippen molar-refractivity contribution >= 4 is 12.0 Å². The minimum Gasteiger partial charge on any atom is -0.493 e. The molecule has 0 bridgehead atoms. The van der Waals surface area contributed by atoms with Gasteiger partial charge in [0.2, 0.25) is 0 Å². The number of hydrogen-bond acceptors (Lipinski definition) is 5. The molecule has 1 saturated carbocycles. The molecule has 0 amide bonds. The Morgan fingerprint density at radius 1 is 1.27 bits per heavy atom. The van der Waals surface area contributed by atoms with Crippen molar-refractivity contribution in [2.45, 2.75) is 37.8 Å². The SMILES string of the molecule is COc1ccc(N2CCN[C@@H](C=O)C2)cc1OC1CCCC1. The summed E-state index contributed by atoms with van der Waals surface area (Å²) in [5.74, 6) is 1.59. The third kappa shape index (κ3) is 3.35. The molecule has 1 aromatic carbocycles. The van der Waals surface area contributed by atoms with Crippen molar-refractivity contribution in [1.82, 2.24) is 5.32 Å². The highest BCUT2D eigenvalue weighted by Crippen LogP contribution is 2.35. The predicted octanol–water partition coefficient (Wildman–Crippen LogP) is 1.99. The van der Waals surface area contributed by atoms with E-state index in [-0.39, 0.29) is 6.04 Å². The van der Waals surface area contributed by atoms with Crippen molar-refractivity contribution in [3.8, 4) is 11.5 Å². The van der Waals surface area contributed by atoms with E-state index in [0.717, 1.165) is 49.4 Å². The Balaban J connectivity index is 1.78. The zero-order chi connectivity index (χ0) is 15.4. The highest BCUT2D eigenvalue weighted by atomic mass is 16.5. The van der Waals surface area contributed by atoms with Crippen LogP contribution < -0.4 is 19.7 Å². The molecule has 1 saturated heterocycles. The molecule has 120 valence electrons. The van der Waals surface area contributed by atoms with Crippen molar-refractivity contribution in [1.29, 1.82) is 0 Å². The van der Waals surface area contributed by atoms with Crippen LogP contribution in [0.3, 0.4) is 0 Å². The summed E-state index contributed by atoms with van der Waals surface area (Å²) in [6, 6.07) is 5.94. The van der Waals surface area contributed by atoms with Crippen LogP contribution >= 0.6 is 0 Å². The molecule has 0 spiro atoms. The number of nitrogens with one attached hydrogen (secondary N) is 1. The first-order chi connectivity index (χ1) is 10.8. The van der Waals surface area contributed by atoms with Gasteiger partial charge < -0.3 is 24.5 Å². The standard InChI is InChI=1S/C17H24N2O3/c1-21-16-7-6-14(19-9-8-18-13(11-19)12-20)10-17(16)22-15-4-2-3-5-15/h6-7,10,12-13,15,18H,2-5,8-9,11H2,1H3/t13-/m1/s1. The maximum Gasteiger partial charge on any atom is 0.163 e. The molecule has 0 radical (unpaired) electrons.